The summed E-state index contributed by atoms with van der Waals surface area (Å²) in [5.74, 6) is 0.352. The molecule has 3 rings (SSSR count). The highest BCUT2D eigenvalue weighted by atomic mass is 35.5. The summed E-state index contributed by atoms with van der Waals surface area (Å²) in [5, 5.41) is 3.68. The van der Waals surface area contributed by atoms with Crippen molar-refractivity contribution >= 4 is 35.2 Å². The van der Waals surface area contributed by atoms with Gasteiger partial charge >= 0.3 is 0 Å². The van der Waals surface area contributed by atoms with Crippen LogP contribution in [0.15, 0.2) is 89.8 Å². The molecule has 3 aromatic carbocycles. The molecule has 0 radical (unpaired) electrons. The smallest absolute Gasteiger partial charge is 0.243 e. The average Bonchev–Trinajstić information content (AvgIpc) is 2.85. The van der Waals surface area contributed by atoms with E-state index in [2.05, 4.69) is 19.2 Å². The Hall–Kier alpha value is -2.76. The molecule has 6 heteroatoms. The maximum Gasteiger partial charge on any atom is 0.243 e. The molecular formula is C28H31ClN2O2S. The zero-order chi connectivity index (χ0) is 24.3. The third-order valence-corrected chi connectivity index (χ3v) is 6.58. The molecule has 0 aromatic heterocycles. The molecule has 34 heavy (non-hydrogen) atoms. The van der Waals surface area contributed by atoms with E-state index < -0.39 is 6.04 Å². The monoisotopic (exact) mass is 494 g/mol. The molecule has 2 amide bonds. The van der Waals surface area contributed by atoms with E-state index in [1.54, 1.807) is 4.90 Å². The minimum Gasteiger partial charge on any atom is -0.354 e. The molecule has 0 saturated carbocycles. The minimum absolute atomic E-state index is 0.0792. The second kappa shape index (κ2) is 13.2. The molecule has 0 unspecified atom stereocenters. The summed E-state index contributed by atoms with van der Waals surface area (Å²) in [6, 6.07) is 26.5. The molecule has 0 aliphatic heterocycles. The summed E-state index contributed by atoms with van der Waals surface area (Å²) in [5.41, 5.74) is 1.94. The SMILES string of the molecule is CC(C)CNC(=O)[C@@H](Cc1ccccc1)N(Cc1ccc(Cl)cc1)C(=O)CSc1ccccc1. The Labute approximate surface area is 211 Å². The first-order valence-corrected chi connectivity index (χ1v) is 12.8. The van der Waals surface area contributed by atoms with Crippen LogP contribution in [0.2, 0.25) is 5.02 Å². The fraction of sp³-hybridized carbons (Fsp3) is 0.286. The van der Waals surface area contributed by atoms with Crippen LogP contribution in [0.25, 0.3) is 0 Å². The van der Waals surface area contributed by atoms with Gasteiger partial charge in [-0.1, -0.05) is 86.1 Å². The Balaban J connectivity index is 1.88. The van der Waals surface area contributed by atoms with E-state index in [0.29, 0.717) is 30.5 Å². The second-order valence-electron chi connectivity index (χ2n) is 8.59. The molecule has 0 aliphatic carbocycles. The average molecular weight is 495 g/mol. The van der Waals surface area contributed by atoms with Crippen molar-refractivity contribution in [1.82, 2.24) is 10.2 Å². The van der Waals surface area contributed by atoms with Gasteiger partial charge in [0, 0.05) is 29.4 Å². The third kappa shape index (κ3) is 8.23. The van der Waals surface area contributed by atoms with E-state index in [4.69, 9.17) is 11.6 Å². The van der Waals surface area contributed by atoms with E-state index in [-0.39, 0.29) is 17.6 Å². The van der Waals surface area contributed by atoms with Crippen molar-refractivity contribution in [3.63, 3.8) is 0 Å². The Morgan fingerprint density at radius 2 is 1.50 bits per heavy atom. The molecule has 1 N–H and O–H groups in total. The quantitative estimate of drug-likeness (QED) is 0.340. The van der Waals surface area contributed by atoms with Crippen LogP contribution in [0, 0.1) is 5.92 Å². The summed E-state index contributed by atoms with van der Waals surface area (Å²) in [4.78, 5) is 29.7. The highest BCUT2D eigenvalue weighted by Crippen LogP contribution is 2.21. The Morgan fingerprint density at radius 1 is 0.882 bits per heavy atom. The number of halogens is 1. The summed E-state index contributed by atoms with van der Waals surface area (Å²) in [6.07, 6.45) is 0.445. The van der Waals surface area contributed by atoms with Crippen molar-refractivity contribution in [2.45, 2.75) is 37.8 Å². The lowest BCUT2D eigenvalue weighted by Gasteiger charge is -2.32. The van der Waals surface area contributed by atoms with Gasteiger partial charge in [-0.15, -0.1) is 11.8 Å². The highest BCUT2D eigenvalue weighted by molar-refractivity contribution is 8.00. The summed E-state index contributed by atoms with van der Waals surface area (Å²) < 4.78 is 0. The van der Waals surface area contributed by atoms with Crippen LogP contribution in [0.5, 0.6) is 0 Å². The van der Waals surface area contributed by atoms with E-state index in [1.165, 1.54) is 11.8 Å². The van der Waals surface area contributed by atoms with Crippen LogP contribution in [0.4, 0.5) is 0 Å². The lowest BCUT2D eigenvalue weighted by Crippen LogP contribution is -2.51. The number of amides is 2. The largest absolute Gasteiger partial charge is 0.354 e. The number of benzene rings is 3. The predicted molar refractivity (Wildman–Crippen MR) is 141 cm³/mol. The van der Waals surface area contributed by atoms with Gasteiger partial charge in [-0.2, -0.15) is 0 Å². The highest BCUT2D eigenvalue weighted by Gasteiger charge is 2.30. The normalized spacial score (nSPS) is 11.8. The molecular weight excluding hydrogens is 464 g/mol. The molecule has 0 aliphatic rings. The topological polar surface area (TPSA) is 49.4 Å². The number of carbonyl (C=O) groups excluding carboxylic acids is 2. The van der Waals surface area contributed by atoms with Crippen LogP contribution in [-0.2, 0) is 22.6 Å². The molecule has 0 heterocycles. The first-order valence-electron chi connectivity index (χ1n) is 11.5. The van der Waals surface area contributed by atoms with Gasteiger partial charge in [-0.25, -0.2) is 0 Å². The van der Waals surface area contributed by atoms with Crippen LogP contribution >= 0.6 is 23.4 Å². The Kier molecular flexibility index (Phi) is 10.0. The number of hydrogen-bond acceptors (Lipinski definition) is 3. The molecule has 0 spiro atoms. The van der Waals surface area contributed by atoms with Crippen LogP contribution in [0.3, 0.4) is 0 Å². The van der Waals surface area contributed by atoms with Crippen LogP contribution < -0.4 is 5.32 Å². The first-order chi connectivity index (χ1) is 16.4. The minimum atomic E-state index is -0.624. The Morgan fingerprint density at radius 3 is 2.12 bits per heavy atom. The molecule has 4 nitrogen and oxygen atoms in total. The summed E-state index contributed by atoms with van der Waals surface area (Å²) in [6.45, 7) is 5.00. The lowest BCUT2D eigenvalue weighted by molar-refractivity contribution is -0.139. The van der Waals surface area contributed by atoms with Crippen molar-refractivity contribution in [3.05, 3.63) is 101 Å². The van der Waals surface area contributed by atoms with Crippen molar-refractivity contribution in [2.24, 2.45) is 5.92 Å². The fourth-order valence-electron chi connectivity index (χ4n) is 3.51. The van der Waals surface area contributed by atoms with Gasteiger partial charge in [0.25, 0.3) is 0 Å². The zero-order valence-corrected chi connectivity index (χ0v) is 21.2. The summed E-state index contributed by atoms with van der Waals surface area (Å²) >= 11 is 7.55. The number of nitrogens with one attached hydrogen (secondary N) is 1. The molecule has 178 valence electrons. The second-order valence-corrected chi connectivity index (χ2v) is 10.1. The fourth-order valence-corrected chi connectivity index (χ4v) is 4.44. The molecule has 0 bridgehead atoms. The molecule has 3 aromatic rings. The van der Waals surface area contributed by atoms with Crippen molar-refractivity contribution in [1.29, 1.82) is 0 Å². The molecule has 0 fully saturated rings. The van der Waals surface area contributed by atoms with Gasteiger partial charge in [0.05, 0.1) is 5.75 Å². The van der Waals surface area contributed by atoms with Gasteiger partial charge in [0.1, 0.15) is 6.04 Å². The predicted octanol–water partition coefficient (Wildman–Crippen LogP) is 5.84. The molecule has 0 saturated heterocycles. The maximum atomic E-state index is 13.6. The van der Waals surface area contributed by atoms with Crippen molar-refractivity contribution in [3.8, 4) is 0 Å². The van der Waals surface area contributed by atoms with Crippen LogP contribution in [0.1, 0.15) is 25.0 Å². The van der Waals surface area contributed by atoms with Gasteiger partial charge in [0.2, 0.25) is 11.8 Å². The Bertz CT molecular complexity index is 1040. The number of thioether (sulfide) groups is 1. The molecule has 1 atom stereocenters. The standard InChI is InChI=1S/C28H31ClN2O2S/c1-21(2)18-30-28(33)26(17-22-9-5-3-6-10-22)31(19-23-13-15-24(29)16-14-23)27(32)20-34-25-11-7-4-8-12-25/h3-16,21,26H,17-20H2,1-2H3,(H,30,33)/t26-/m1/s1. The number of carbonyl (C=O) groups is 2. The van der Waals surface area contributed by atoms with E-state index in [1.807, 2.05) is 84.9 Å². The van der Waals surface area contributed by atoms with Crippen molar-refractivity contribution in [2.75, 3.05) is 12.3 Å². The van der Waals surface area contributed by atoms with Gasteiger partial charge in [-0.05, 0) is 41.3 Å². The number of rotatable bonds is 11. The van der Waals surface area contributed by atoms with E-state index >= 15 is 0 Å². The van der Waals surface area contributed by atoms with E-state index in [9.17, 15) is 9.59 Å². The number of nitrogens with zero attached hydrogens (tertiary/aromatic N) is 1. The maximum absolute atomic E-state index is 13.6. The van der Waals surface area contributed by atoms with Crippen molar-refractivity contribution < 1.29 is 9.59 Å². The zero-order valence-electron chi connectivity index (χ0n) is 19.6. The number of hydrogen-bond donors (Lipinski definition) is 1. The van der Waals surface area contributed by atoms with Gasteiger partial charge in [-0.3, -0.25) is 9.59 Å². The van der Waals surface area contributed by atoms with Gasteiger partial charge in [0.15, 0.2) is 0 Å². The third-order valence-electron chi connectivity index (χ3n) is 5.33. The van der Waals surface area contributed by atoms with Crippen LogP contribution in [-0.4, -0.2) is 35.1 Å². The first kappa shape index (κ1) is 25.9. The lowest BCUT2D eigenvalue weighted by atomic mass is 10.0. The van der Waals surface area contributed by atoms with E-state index in [0.717, 1.165) is 16.0 Å². The summed E-state index contributed by atoms with van der Waals surface area (Å²) in [7, 11) is 0. The van der Waals surface area contributed by atoms with Gasteiger partial charge < -0.3 is 10.2 Å².